The molecule has 0 aliphatic heterocycles. The van der Waals surface area contributed by atoms with Crippen LogP contribution in [0.1, 0.15) is 26.2 Å². The fourth-order valence-electron chi connectivity index (χ4n) is 3.35. The van der Waals surface area contributed by atoms with Crippen LogP contribution in [0, 0.1) is 0 Å². The largest absolute Gasteiger partial charge is 0.508 e. The van der Waals surface area contributed by atoms with Crippen molar-refractivity contribution < 1.29 is 9.84 Å². The van der Waals surface area contributed by atoms with Gasteiger partial charge in [0.2, 0.25) is 0 Å². The molecule has 3 heterocycles. The van der Waals surface area contributed by atoms with Crippen LogP contribution in [0.4, 0.5) is 0 Å². The molecule has 0 saturated heterocycles. The van der Waals surface area contributed by atoms with Gasteiger partial charge in [-0.2, -0.15) is 0 Å². The van der Waals surface area contributed by atoms with Crippen molar-refractivity contribution in [1.29, 1.82) is 0 Å². The van der Waals surface area contributed by atoms with E-state index in [0.717, 1.165) is 23.5 Å². The summed E-state index contributed by atoms with van der Waals surface area (Å²) in [6.07, 6.45) is 3.55. The van der Waals surface area contributed by atoms with Gasteiger partial charge in [0.05, 0.1) is 25.4 Å². The number of phenolic OH excluding ortho intramolecular Hbond substituents is 1. The molecule has 0 fully saturated rings. The Hall–Kier alpha value is -1.82. The molecule has 5 aromatic rings. The van der Waals surface area contributed by atoms with Crippen LogP contribution in [0.2, 0.25) is 0 Å². The zero-order chi connectivity index (χ0) is 17.7. The normalized spacial score (nSPS) is 12.0. The maximum absolute atomic E-state index is 9.75. The second-order valence-corrected chi connectivity index (χ2v) is 9.64. The number of phenols is 1. The molecule has 5 rings (SSSR count). The van der Waals surface area contributed by atoms with Gasteiger partial charge in [-0.1, -0.05) is 19.8 Å². The number of thiophene rings is 3. The molecule has 1 N–H and O–H groups in total. The molecule has 0 amide bonds. The number of unbranched alkanes of at least 4 members (excludes halogenated alkanes) is 2. The van der Waals surface area contributed by atoms with E-state index in [9.17, 15) is 5.11 Å². The zero-order valence-corrected chi connectivity index (χ0v) is 16.8. The van der Waals surface area contributed by atoms with Crippen LogP contribution < -0.4 is 4.74 Å². The van der Waals surface area contributed by atoms with E-state index in [1.807, 2.05) is 34.8 Å². The average Bonchev–Trinajstić information content (AvgIpc) is 3.26. The first-order chi connectivity index (χ1) is 12.7. The monoisotopic (exact) mass is 398 g/mol. The maximum Gasteiger partial charge on any atom is 0.120 e. The lowest BCUT2D eigenvalue weighted by atomic mass is 10.2. The fraction of sp³-hybridized carbons (Fsp3) is 0.238. The number of benzene rings is 2. The number of rotatable bonds is 5. The molecular weight excluding hydrogens is 380 g/mol. The Kier molecular flexibility index (Phi) is 4.03. The molecule has 0 atom stereocenters. The van der Waals surface area contributed by atoms with Crippen LogP contribution >= 0.6 is 34.0 Å². The van der Waals surface area contributed by atoms with Crippen molar-refractivity contribution in [2.45, 2.75) is 26.2 Å². The highest BCUT2D eigenvalue weighted by atomic mass is 32.1. The SMILES string of the molecule is CCCCCOc1ccc2c(c1)sc1c2sc2c3ccc(O)cc3sc21. The summed E-state index contributed by atoms with van der Waals surface area (Å²) in [5.74, 6) is 1.31. The van der Waals surface area contributed by atoms with Crippen molar-refractivity contribution in [1.82, 2.24) is 0 Å². The van der Waals surface area contributed by atoms with Gasteiger partial charge in [0.25, 0.3) is 0 Å². The highest BCUT2D eigenvalue weighted by molar-refractivity contribution is 7.43. The predicted octanol–water partition coefficient (Wildman–Crippen LogP) is 7.76. The molecule has 2 nitrogen and oxygen atoms in total. The molecule has 132 valence electrons. The van der Waals surface area contributed by atoms with Crippen LogP contribution in [0.3, 0.4) is 0 Å². The number of ether oxygens (including phenoxy) is 1. The molecule has 0 spiro atoms. The number of aromatic hydroxyl groups is 1. The lowest BCUT2D eigenvalue weighted by molar-refractivity contribution is 0.306. The van der Waals surface area contributed by atoms with E-state index in [-0.39, 0.29) is 0 Å². The summed E-state index contributed by atoms with van der Waals surface area (Å²) in [6.45, 7) is 3.00. The molecule has 0 unspecified atom stereocenters. The standard InChI is InChI=1S/C21H18O2S3/c1-2-3-4-9-23-13-6-8-15-17(11-13)25-21-19(15)26-18-14-7-5-12(22)10-16(14)24-20(18)21/h5-8,10-11,22H,2-4,9H2,1H3. The van der Waals surface area contributed by atoms with Gasteiger partial charge in [0.1, 0.15) is 11.5 Å². The number of hydrogen-bond acceptors (Lipinski definition) is 5. The van der Waals surface area contributed by atoms with Crippen LogP contribution in [-0.4, -0.2) is 11.7 Å². The minimum atomic E-state index is 0.337. The third-order valence-electron chi connectivity index (χ3n) is 4.67. The first-order valence-corrected chi connectivity index (χ1v) is 11.3. The van der Waals surface area contributed by atoms with Crippen LogP contribution in [-0.2, 0) is 0 Å². The van der Waals surface area contributed by atoms with Crippen LogP contribution in [0.5, 0.6) is 11.5 Å². The molecule has 0 saturated carbocycles. The molecule has 2 aromatic carbocycles. The van der Waals surface area contributed by atoms with E-state index in [4.69, 9.17) is 4.74 Å². The highest BCUT2D eigenvalue weighted by Gasteiger charge is 2.17. The van der Waals surface area contributed by atoms with Gasteiger partial charge in [0, 0.05) is 20.2 Å². The predicted molar refractivity (Wildman–Crippen MR) is 117 cm³/mol. The second-order valence-electron chi connectivity index (χ2n) is 6.52. The molecule has 3 aromatic heterocycles. The summed E-state index contributed by atoms with van der Waals surface area (Å²) < 4.78 is 13.8. The van der Waals surface area contributed by atoms with E-state index in [0.29, 0.717) is 5.75 Å². The van der Waals surface area contributed by atoms with E-state index in [1.54, 1.807) is 17.4 Å². The summed E-state index contributed by atoms with van der Waals surface area (Å²) in [4.78, 5) is 0. The summed E-state index contributed by atoms with van der Waals surface area (Å²) in [7, 11) is 0. The smallest absolute Gasteiger partial charge is 0.120 e. The lowest BCUT2D eigenvalue weighted by Crippen LogP contribution is -1.96. The summed E-state index contributed by atoms with van der Waals surface area (Å²) in [5, 5.41) is 12.3. The Balaban J connectivity index is 1.60. The molecular formula is C21H18O2S3. The van der Waals surface area contributed by atoms with Gasteiger partial charge in [-0.3, -0.25) is 0 Å². The van der Waals surface area contributed by atoms with Gasteiger partial charge in [-0.25, -0.2) is 0 Å². The van der Waals surface area contributed by atoms with Crippen LogP contribution in [0.25, 0.3) is 39.0 Å². The Labute approximate surface area is 163 Å². The minimum absolute atomic E-state index is 0.337. The molecule has 0 radical (unpaired) electrons. The summed E-state index contributed by atoms with van der Waals surface area (Å²) >= 11 is 5.50. The quantitative estimate of drug-likeness (QED) is 0.307. The molecule has 0 aliphatic carbocycles. The summed E-state index contributed by atoms with van der Waals surface area (Å²) in [5.41, 5.74) is 0. The minimum Gasteiger partial charge on any atom is -0.508 e. The fourth-order valence-corrected chi connectivity index (χ4v) is 7.68. The Bertz CT molecular complexity index is 1240. The number of hydrogen-bond donors (Lipinski definition) is 1. The van der Waals surface area contributed by atoms with Crippen molar-refractivity contribution in [2.75, 3.05) is 6.61 Å². The highest BCUT2D eigenvalue weighted by Crippen LogP contribution is 2.50. The van der Waals surface area contributed by atoms with Crippen molar-refractivity contribution in [3.05, 3.63) is 36.4 Å². The summed E-state index contributed by atoms with van der Waals surface area (Å²) in [6, 6.07) is 12.2. The van der Waals surface area contributed by atoms with E-state index in [2.05, 4.69) is 25.1 Å². The van der Waals surface area contributed by atoms with Gasteiger partial charge in [-0.05, 0) is 42.8 Å². The van der Waals surface area contributed by atoms with E-state index in [1.165, 1.54) is 47.1 Å². The molecule has 26 heavy (non-hydrogen) atoms. The van der Waals surface area contributed by atoms with Gasteiger partial charge in [0.15, 0.2) is 0 Å². The second kappa shape index (κ2) is 6.41. The number of fused-ring (bicyclic) bond motifs is 7. The molecule has 0 bridgehead atoms. The van der Waals surface area contributed by atoms with Gasteiger partial charge < -0.3 is 9.84 Å². The third-order valence-corrected chi connectivity index (χ3v) is 8.66. The van der Waals surface area contributed by atoms with Crippen molar-refractivity contribution >= 4 is 73.0 Å². The van der Waals surface area contributed by atoms with Gasteiger partial charge in [-0.15, -0.1) is 34.0 Å². The first kappa shape index (κ1) is 16.4. The zero-order valence-electron chi connectivity index (χ0n) is 14.4. The van der Waals surface area contributed by atoms with Crippen molar-refractivity contribution in [2.24, 2.45) is 0 Å². The molecule has 0 aliphatic rings. The van der Waals surface area contributed by atoms with E-state index < -0.39 is 0 Å². The van der Waals surface area contributed by atoms with Crippen molar-refractivity contribution in [3.63, 3.8) is 0 Å². The van der Waals surface area contributed by atoms with E-state index >= 15 is 0 Å². The Morgan fingerprint density at radius 3 is 2.23 bits per heavy atom. The first-order valence-electron chi connectivity index (χ1n) is 8.87. The lowest BCUT2D eigenvalue weighted by Gasteiger charge is -2.05. The molecule has 5 heteroatoms. The van der Waals surface area contributed by atoms with Gasteiger partial charge >= 0.3 is 0 Å². The average molecular weight is 399 g/mol. The third kappa shape index (κ3) is 2.57. The Morgan fingerprint density at radius 2 is 1.50 bits per heavy atom. The Morgan fingerprint density at radius 1 is 0.808 bits per heavy atom. The maximum atomic E-state index is 9.75. The van der Waals surface area contributed by atoms with Crippen molar-refractivity contribution in [3.8, 4) is 11.5 Å². The van der Waals surface area contributed by atoms with Crippen LogP contribution in [0.15, 0.2) is 36.4 Å². The topological polar surface area (TPSA) is 29.5 Å².